The Balaban J connectivity index is 1.69. The quantitative estimate of drug-likeness (QED) is 0.855. The van der Waals surface area contributed by atoms with Crippen molar-refractivity contribution in [1.82, 2.24) is 10.2 Å². The minimum absolute atomic E-state index is 0.784. The molecule has 2 saturated heterocycles. The second-order valence-electron chi connectivity index (χ2n) is 6.82. The van der Waals surface area contributed by atoms with Crippen LogP contribution in [-0.4, -0.2) is 47.6 Å². The Hall–Kier alpha value is 0.270. The van der Waals surface area contributed by atoms with Gasteiger partial charge in [0.2, 0.25) is 0 Å². The third kappa shape index (κ3) is 2.98. The Morgan fingerprint density at radius 1 is 0.895 bits per heavy atom. The summed E-state index contributed by atoms with van der Waals surface area (Å²) in [6.45, 7) is 0. The van der Waals surface area contributed by atoms with Crippen LogP contribution in [0.1, 0.15) is 57.8 Å². The predicted molar refractivity (Wildman–Crippen MR) is 84.9 cm³/mol. The molecule has 4 atom stereocenters. The largest absolute Gasteiger partial charge is 0.317 e. The normalized spacial score (nSPS) is 44.2. The third-order valence-electron chi connectivity index (χ3n) is 5.79. The Morgan fingerprint density at radius 3 is 2.05 bits per heavy atom. The van der Waals surface area contributed by atoms with Gasteiger partial charge in [-0.05, 0) is 58.2 Å². The molecule has 3 aliphatic rings. The molecule has 2 aliphatic heterocycles. The average molecular weight is 282 g/mol. The lowest BCUT2D eigenvalue weighted by Gasteiger charge is -2.53. The number of fused-ring (bicyclic) bond motifs is 2. The van der Waals surface area contributed by atoms with Gasteiger partial charge in [-0.3, -0.25) is 4.90 Å². The first-order valence-corrected chi connectivity index (χ1v) is 9.58. The van der Waals surface area contributed by atoms with E-state index in [0.29, 0.717) is 0 Å². The van der Waals surface area contributed by atoms with Gasteiger partial charge in [-0.15, -0.1) is 0 Å². The van der Waals surface area contributed by atoms with E-state index in [4.69, 9.17) is 0 Å². The molecule has 19 heavy (non-hydrogen) atoms. The van der Waals surface area contributed by atoms with Crippen LogP contribution < -0.4 is 5.32 Å². The maximum Gasteiger partial charge on any atom is 0.0116 e. The minimum Gasteiger partial charge on any atom is -0.317 e. The summed E-state index contributed by atoms with van der Waals surface area (Å²) in [7, 11) is 2.15. The summed E-state index contributed by atoms with van der Waals surface area (Å²) in [6.07, 6.45) is 15.3. The Bertz CT molecular complexity index is 282. The fourth-order valence-electron chi connectivity index (χ4n) is 4.85. The van der Waals surface area contributed by atoms with Gasteiger partial charge in [-0.2, -0.15) is 11.8 Å². The van der Waals surface area contributed by atoms with Crippen LogP contribution in [0, 0.1) is 0 Å². The van der Waals surface area contributed by atoms with Gasteiger partial charge >= 0.3 is 0 Å². The monoisotopic (exact) mass is 282 g/mol. The molecule has 2 bridgehead atoms. The lowest BCUT2D eigenvalue weighted by atomic mass is 9.78. The predicted octanol–water partition coefficient (Wildman–Crippen LogP) is 3.27. The van der Waals surface area contributed by atoms with E-state index in [2.05, 4.69) is 35.3 Å². The van der Waals surface area contributed by atoms with E-state index in [1.807, 2.05) is 0 Å². The SMILES string of the molecule is CNC1CC2CCCC(C1)N2C1CCCC(SC)C1. The summed E-state index contributed by atoms with van der Waals surface area (Å²) in [4.78, 5) is 2.99. The molecule has 4 unspecified atom stereocenters. The van der Waals surface area contributed by atoms with E-state index in [-0.39, 0.29) is 0 Å². The van der Waals surface area contributed by atoms with Gasteiger partial charge in [-0.1, -0.05) is 12.8 Å². The van der Waals surface area contributed by atoms with E-state index in [1.54, 1.807) is 0 Å². The summed E-state index contributed by atoms with van der Waals surface area (Å²) in [5.74, 6) is 0. The molecule has 1 N–H and O–H groups in total. The van der Waals surface area contributed by atoms with E-state index < -0.39 is 0 Å². The molecule has 0 aromatic rings. The molecule has 1 saturated carbocycles. The van der Waals surface area contributed by atoms with Gasteiger partial charge in [0.25, 0.3) is 0 Å². The van der Waals surface area contributed by atoms with Crippen molar-refractivity contribution >= 4 is 11.8 Å². The summed E-state index contributed by atoms with van der Waals surface area (Å²) >= 11 is 2.11. The standard InChI is InChI=1S/C16H30N2S/c1-17-12-9-13-5-3-6-14(10-12)18(13)15-7-4-8-16(11-15)19-2/h12-17H,3-11H2,1-2H3. The zero-order valence-corrected chi connectivity index (χ0v) is 13.4. The highest BCUT2D eigenvalue weighted by atomic mass is 32.2. The van der Waals surface area contributed by atoms with Gasteiger partial charge < -0.3 is 5.32 Å². The number of nitrogens with one attached hydrogen (secondary N) is 1. The molecular formula is C16H30N2S. The first-order valence-electron chi connectivity index (χ1n) is 8.29. The highest BCUT2D eigenvalue weighted by Crippen LogP contribution is 2.40. The highest BCUT2D eigenvalue weighted by molar-refractivity contribution is 7.99. The van der Waals surface area contributed by atoms with Gasteiger partial charge in [0.05, 0.1) is 0 Å². The molecule has 0 aromatic carbocycles. The van der Waals surface area contributed by atoms with Crippen molar-refractivity contribution in [2.75, 3.05) is 13.3 Å². The lowest BCUT2D eigenvalue weighted by molar-refractivity contribution is -0.0202. The fraction of sp³-hybridized carbons (Fsp3) is 1.00. The van der Waals surface area contributed by atoms with E-state index in [1.165, 1.54) is 57.8 Å². The Kier molecular flexibility index (Phi) is 4.76. The van der Waals surface area contributed by atoms with Crippen molar-refractivity contribution in [2.24, 2.45) is 0 Å². The second kappa shape index (κ2) is 6.36. The molecule has 0 radical (unpaired) electrons. The third-order valence-corrected chi connectivity index (χ3v) is 6.89. The maximum atomic E-state index is 3.55. The van der Waals surface area contributed by atoms with Crippen LogP contribution in [0.5, 0.6) is 0 Å². The van der Waals surface area contributed by atoms with Gasteiger partial charge in [0, 0.05) is 29.4 Å². The molecule has 3 fully saturated rings. The zero-order valence-electron chi connectivity index (χ0n) is 12.6. The summed E-state index contributed by atoms with van der Waals surface area (Å²) < 4.78 is 0. The van der Waals surface area contributed by atoms with Crippen LogP contribution in [0.15, 0.2) is 0 Å². The lowest BCUT2D eigenvalue weighted by Crippen LogP contribution is -2.60. The topological polar surface area (TPSA) is 15.3 Å². The maximum absolute atomic E-state index is 3.55. The molecule has 2 heterocycles. The second-order valence-corrected chi connectivity index (χ2v) is 7.96. The molecule has 2 nitrogen and oxygen atoms in total. The minimum atomic E-state index is 0.784. The van der Waals surface area contributed by atoms with E-state index in [0.717, 1.165) is 29.4 Å². The van der Waals surface area contributed by atoms with Gasteiger partial charge in [-0.25, -0.2) is 0 Å². The molecular weight excluding hydrogens is 252 g/mol. The number of hydrogen-bond acceptors (Lipinski definition) is 3. The molecule has 0 spiro atoms. The number of rotatable bonds is 3. The van der Waals surface area contributed by atoms with Crippen molar-refractivity contribution in [3.05, 3.63) is 0 Å². The summed E-state index contributed by atoms with van der Waals surface area (Å²) in [6, 6.07) is 3.46. The number of hydrogen-bond donors (Lipinski definition) is 1. The first kappa shape index (κ1) is 14.2. The van der Waals surface area contributed by atoms with Crippen LogP contribution in [0.3, 0.4) is 0 Å². The van der Waals surface area contributed by atoms with E-state index in [9.17, 15) is 0 Å². The van der Waals surface area contributed by atoms with Crippen LogP contribution in [0.4, 0.5) is 0 Å². The van der Waals surface area contributed by atoms with Crippen LogP contribution >= 0.6 is 11.8 Å². The molecule has 0 aromatic heterocycles. The van der Waals surface area contributed by atoms with E-state index >= 15 is 0 Å². The van der Waals surface area contributed by atoms with Crippen molar-refractivity contribution < 1.29 is 0 Å². The molecule has 110 valence electrons. The van der Waals surface area contributed by atoms with Crippen LogP contribution in [-0.2, 0) is 0 Å². The molecule has 0 amide bonds. The summed E-state index contributed by atoms with van der Waals surface area (Å²) in [5, 5.41) is 4.48. The molecule has 3 heteroatoms. The zero-order chi connectivity index (χ0) is 13.2. The molecule has 1 aliphatic carbocycles. The van der Waals surface area contributed by atoms with Crippen molar-refractivity contribution in [3.8, 4) is 0 Å². The van der Waals surface area contributed by atoms with Crippen LogP contribution in [0.25, 0.3) is 0 Å². The number of thioether (sulfide) groups is 1. The highest BCUT2D eigenvalue weighted by Gasteiger charge is 2.42. The number of piperidine rings is 2. The molecule has 3 rings (SSSR count). The smallest absolute Gasteiger partial charge is 0.0116 e. The van der Waals surface area contributed by atoms with Crippen molar-refractivity contribution in [3.63, 3.8) is 0 Å². The summed E-state index contributed by atoms with van der Waals surface area (Å²) in [5.41, 5.74) is 0. The average Bonchev–Trinajstić information content (AvgIpc) is 2.46. The van der Waals surface area contributed by atoms with Crippen LogP contribution in [0.2, 0.25) is 0 Å². The first-order chi connectivity index (χ1) is 9.31. The Morgan fingerprint density at radius 2 is 1.47 bits per heavy atom. The van der Waals surface area contributed by atoms with Crippen molar-refractivity contribution in [2.45, 2.75) is 87.2 Å². The van der Waals surface area contributed by atoms with Gasteiger partial charge in [0.15, 0.2) is 0 Å². The fourth-order valence-corrected chi connectivity index (χ4v) is 5.67. The van der Waals surface area contributed by atoms with Crippen molar-refractivity contribution in [1.29, 1.82) is 0 Å². The number of nitrogens with zero attached hydrogens (tertiary/aromatic N) is 1. The van der Waals surface area contributed by atoms with Gasteiger partial charge in [0.1, 0.15) is 0 Å². The Labute approximate surface area is 123 Å².